The zero-order valence-corrected chi connectivity index (χ0v) is 34.1. The summed E-state index contributed by atoms with van der Waals surface area (Å²) >= 11 is 0. The standard InChI is InChI=1S/C40H71N3O15/c1-20(25-8-9-26-24-7-6-21-17-22(44)10-11-39(21,2)27(24)18-28(46)40(25,26)3)16-23(45)19-43(14-4-12-41-35(53)31(49)29(47)33(51)37(55)56)15-5-13-42-36(54)32(50)30(48)34(52)38(57)58/h20-22,24-34,37-38,44,46-52,55-58H,4-19H2,1-3H3,(H,41,53)(H,42,54). The van der Waals surface area contributed by atoms with Gasteiger partial charge < -0.3 is 71.9 Å². The van der Waals surface area contributed by atoms with Gasteiger partial charge in [-0.3, -0.25) is 19.3 Å². The van der Waals surface area contributed by atoms with Gasteiger partial charge >= 0.3 is 0 Å². The molecule has 58 heavy (non-hydrogen) atoms. The molecule has 16 unspecified atom stereocenters. The van der Waals surface area contributed by atoms with E-state index in [1.165, 1.54) is 0 Å². The van der Waals surface area contributed by atoms with E-state index in [-0.39, 0.29) is 86.5 Å². The number of ketones is 1. The van der Waals surface area contributed by atoms with E-state index in [1.807, 2.05) is 0 Å². The van der Waals surface area contributed by atoms with Gasteiger partial charge in [0.05, 0.1) is 18.8 Å². The third-order valence-corrected chi connectivity index (χ3v) is 14.8. The average Bonchev–Trinajstić information content (AvgIpc) is 3.55. The number of nitrogens with zero attached hydrogens (tertiary/aromatic N) is 1. The van der Waals surface area contributed by atoms with Gasteiger partial charge in [0, 0.05) is 32.6 Å². The van der Waals surface area contributed by atoms with Crippen LogP contribution in [0.15, 0.2) is 0 Å². The number of fused-ring (bicyclic) bond motifs is 5. The van der Waals surface area contributed by atoms with E-state index in [1.54, 1.807) is 4.90 Å². The zero-order valence-electron chi connectivity index (χ0n) is 34.1. The third kappa shape index (κ3) is 10.9. The van der Waals surface area contributed by atoms with Crippen molar-refractivity contribution in [3.05, 3.63) is 0 Å². The van der Waals surface area contributed by atoms with E-state index in [2.05, 4.69) is 31.4 Å². The van der Waals surface area contributed by atoms with Gasteiger partial charge in [0.2, 0.25) is 0 Å². The van der Waals surface area contributed by atoms with E-state index in [4.69, 9.17) is 20.4 Å². The molecule has 0 aromatic rings. The molecule has 0 spiro atoms. The first-order chi connectivity index (χ1) is 27.1. The van der Waals surface area contributed by atoms with Crippen molar-refractivity contribution in [3.8, 4) is 0 Å². The van der Waals surface area contributed by atoms with Crippen molar-refractivity contribution in [1.29, 1.82) is 0 Å². The highest BCUT2D eigenvalue weighted by molar-refractivity contribution is 5.82. The summed E-state index contributed by atoms with van der Waals surface area (Å²) in [5.74, 6) is -0.331. The topological polar surface area (TPSA) is 321 Å². The lowest BCUT2D eigenvalue weighted by Crippen LogP contribution is -2.58. The summed E-state index contributed by atoms with van der Waals surface area (Å²) in [5.41, 5.74) is -0.222. The number of Topliss-reactive ketones (excluding diaryl/α,β-unsaturated/α-hetero) is 1. The second-order valence-corrected chi connectivity index (χ2v) is 18.4. The molecule has 18 nitrogen and oxygen atoms in total. The molecule has 4 saturated carbocycles. The lowest BCUT2D eigenvalue weighted by atomic mass is 9.43. The Labute approximate surface area is 340 Å². The molecule has 336 valence electrons. The van der Waals surface area contributed by atoms with E-state index in [9.17, 15) is 55.2 Å². The van der Waals surface area contributed by atoms with Crippen molar-refractivity contribution >= 4 is 17.6 Å². The molecule has 0 aromatic heterocycles. The Bertz CT molecular complexity index is 1310. The minimum absolute atomic E-state index is 0.0157. The summed E-state index contributed by atoms with van der Waals surface area (Å²) in [6.45, 7) is 7.16. The molecule has 0 aromatic carbocycles. The number of rotatable bonds is 21. The van der Waals surface area contributed by atoms with E-state index >= 15 is 0 Å². The maximum absolute atomic E-state index is 13.8. The van der Waals surface area contributed by atoms with Crippen LogP contribution in [0.4, 0.5) is 0 Å². The van der Waals surface area contributed by atoms with Crippen molar-refractivity contribution < 1.29 is 75.7 Å². The van der Waals surface area contributed by atoms with Gasteiger partial charge in [-0.2, -0.15) is 0 Å². The van der Waals surface area contributed by atoms with E-state index < -0.39 is 67.1 Å². The molecular weight excluding hydrogens is 762 g/mol. The van der Waals surface area contributed by atoms with Crippen LogP contribution in [0.25, 0.3) is 0 Å². The molecule has 0 radical (unpaired) electrons. The number of aliphatic hydroxyl groups excluding tert-OH is 10. The quantitative estimate of drug-likeness (QED) is 0.0397. The molecule has 4 aliphatic rings. The number of carbonyl (C=O) groups excluding carboxylic acids is 3. The normalized spacial score (nSPS) is 34.6. The zero-order chi connectivity index (χ0) is 43.3. The molecule has 16 atom stereocenters. The number of nitrogens with one attached hydrogen (secondary N) is 2. The molecule has 4 fully saturated rings. The molecule has 2 amide bonds. The molecule has 18 heteroatoms. The van der Waals surface area contributed by atoms with Gasteiger partial charge in [0.25, 0.3) is 11.8 Å². The fourth-order valence-electron chi connectivity index (χ4n) is 11.5. The summed E-state index contributed by atoms with van der Waals surface area (Å²) in [6.07, 6.45) is -10.3. The van der Waals surface area contributed by atoms with Gasteiger partial charge in [0.1, 0.15) is 30.2 Å². The van der Waals surface area contributed by atoms with Crippen molar-refractivity contribution in [3.63, 3.8) is 0 Å². The summed E-state index contributed by atoms with van der Waals surface area (Å²) in [7, 11) is 0. The Morgan fingerprint density at radius 3 is 1.74 bits per heavy atom. The summed E-state index contributed by atoms with van der Waals surface area (Å²) < 4.78 is 0. The fourth-order valence-corrected chi connectivity index (χ4v) is 11.5. The number of hydrogen-bond donors (Lipinski definition) is 14. The second kappa shape index (κ2) is 20.8. The third-order valence-electron chi connectivity index (χ3n) is 14.8. The van der Waals surface area contributed by atoms with E-state index in [0.717, 1.165) is 51.4 Å². The minimum atomic E-state index is -2.39. The molecule has 0 saturated heterocycles. The van der Waals surface area contributed by atoms with Gasteiger partial charge in [0.15, 0.2) is 24.8 Å². The first kappa shape index (κ1) is 48.8. The first-order valence-electron chi connectivity index (χ1n) is 21.1. The molecule has 0 bridgehead atoms. The SMILES string of the molecule is CC(CC(=O)CN(CCCNC(=O)C(O)C(O)C(O)C(O)O)CCCNC(=O)C(O)C(O)C(O)C(O)O)C1CCC2C3CCC4CC(O)CCC4(C)C3CC(O)C12C. The lowest BCUT2D eigenvalue weighted by molar-refractivity contribution is -0.181. The number of hydrogen-bond acceptors (Lipinski definition) is 16. The maximum atomic E-state index is 13.8. The Kier molecular flexibility index (Phi) is 17.5. The number of amides is 2. The van der Waals surface area contributed by atoms with Gasteiger partial charge in [-0.05, 0) is 111 Å². The second-order valence-electron chi connectivity index (χ2n) is 18.4. The Morgan fingerprint density at radius 2 is 1.22 bits per heavy atom. The van der Waals surface area contributed by atoms with Gasteiger partial charge in [-0.15, -0.1) is 0 Å². The first-order valence-corrected chi connectivity index (χ1v) is 21.1. The van der Waals surface area contributed by atoms with Crippen LogP contribution in [-0.2, 0) is 14.4 Å². The van der Waals surface area contributed by atoms with Crippen LogP contribution < -0.4 is 10.6 Å². The minimum Gasteiger partial charge on any atom is -0.393 e. The lowest BCUT2D eigenvalue weighted by Gasteiger charge is -2.62. The van der Waals surface area contributed by atoms with Gasteiger partial charge in [-0.1, -0.05) is 20.8 Å². The van der Waals surface area contributed by atoms with Crippen LogP contribution in [0.5, 0.6) is 0 Å². The monoisotopic (exact) mass is 833 g/mol. The highest BCUT2D eigenvalue weighted by Crippen LogP contribution is 2.68. The molecule has 14 N–H and O–H groups in total. The molecular formula is C40H71N3O15. The largest absolute Gasteiger partial charge is 0.393 e. The van der Waals surface area contributed by atoms with E-state index in [0.29, 0.717) is 23.7 Å². The summed E-state index contributed by atoms with van der Waals surface area (Å²) in [5, 5.41) is 122. The van der Waals surface area contributed by atoms with Crippen LogP contribution in [0, 0.1) is 46.3 Å². The highest BCUT2D eigenvalue weighted by Gasteiger charge is 2.63. The summed E-state index contributed by atoms with van der Waals surface area (Å²) in [6, 6.07) is 0. The Hall–Kier alpha value is -1.91. The molecule has 4 aliphatic carbocycles. The van der Waals surface area contributed by atoms with Crippen molar-refractivity contribution in [2.45, 2.75) is 153 Å². The predicted octanol–water partition coefficient (Wildman–Crippen LogP) is -3.33. The van der Waals surface area contributed by atoms with Crippen molar-refractivity contribution in [1.82, 2.24) is 15.5 Å². The average molecular weight is 834 g/mol. The van der Waals surface area contributed by atoms with Crippen LogP contribution in [-0.4, -0.2) is 178 Å². The van der Waals surface area contributed by atoms with Crippen molar-refractivity contribution in [2.24, 2.45) is 46.3 Å². The predicted molar refractivity (Wildman–Crippen MR) is 206 cm³/mol. The molecule has 0 heterocycles. The Balaban J connectivity index is 1.35. The van der Waals surface area contributed by atoms with Crippen LogP contribution in [0.3, 0.4) is 0 Å². The maximum Gasteiger partial charge on any atom is 0.251 e. The summed E-state index contributed by atoms with van der Waals surface area (Å²) in [4.78, 5) is 40.2. The number of carbonyl (C=O) groups is 3. The Morgan fingerprint density at radius 1 is 0.690 bits per heavy atom. The smallest absolute Gasteiger partial charge is 0.251 e. The van der Waals surface area contributed by atoms with Crippen LogP contribution in [0.1, 0.15) is 91.4 Å². The van der Waals surface area contributed by atoms with Gasteiger partial charge in [-0.25, -0.2) is 0 Å². The van der Waals surface area contributed by atoms with Crippen molar-refractivity contribution in [2.75, 3.05) is 32.7 Å². The van der Waals surface area contributed by atoms with Crippen LogP contribution in [0.2, 0.25) is 0 Å². The highest BCUT2D eigenvalue weighted by atomic mass is 16.5. The molecule has 0 aliphatic heterocycles. The number of aliphatic hydroxyl groups is 12. The fraction of sp³-hybridized carbons (Fsp3) is 0.925. The molecule has 4 rings (SSSR count). The van der Waals surface area contributed by atoms with Crippen LogP contribution >= 0.6 is 0 Å².